The fourth-order valence-corrected chi connectivity index (χ4v) is 4.54. The Morgan fingerprint density at radius 3 is 2.92 bits per heavy atom. The Bertz CT molecular complexity index is 1270. The normalized spacial score (nSPS) is 12.8. The van der Waals surface area contributed by atoms with Crippen LogP contribution in [0.4, 0.5) is 5.69 Å². The molecule has 5 nitrogen and oxygen atoms in total. The average Bonchev–Trinajstić information content (AvgIpc) is 3.25. The van der Waals surface area contributed by atoms with Crippen molar-refractivity contribution < 1.29 is 0 Å². The van der Waals surface area contributed by atoms with Gasteiger partial charge < -0.3 is 4.90 Å². The molecule has 3 aromatic heterocycles. The maximum Gasteiger partial charge on any atom is 0.275 e. The predicted octanol–water partition coefficient (Wildman–Crippen LogP) is 3.63. The van der Waals surface area contributed by atoms with Crippen LogP contribution in [0.3, 0.4) is 0 Å². The van der Waals surface area contributed by atoms with Crippen LogP contribution in [0.15, 0.2) is 47.7 Å². The van der Waals surface area contributed by atoms with Crippen LogP contribution in [0.25, 0.3) is 32.2 Å². The molecule has 5 rings (SSSR count). The zero-order valence-electron chi connectivity index (χ0n) is 14.4. The summed E-state index contributed by atoms with van der Waals surface area (Å²) in [4.78, 5) is 25.1. The lowest BCUT2D eigenvalue weighted by molar-refractivity contribution is 0.964. The van der Waals surface area contributed by atoms with E-state index >= 15 is 0 Å². The summed E-state index contributed by atoms with van der Waals surface area (Å²) in [6, 6.07) is 8.05. The number of hydrogen-bond acceptors (Lipinski definition) is 5. The highest BCUT2D eigenvalue weighted by Crippen LogP contribution is 2.35. The molecule has 0 unspecified atom stereocenters. The summed E-state index contributed by atoms with van der Waals surface area (Å²) in [5.74, 6) is 0. The van der Waals surface area contributed by atoms with Gasteiger partial charge in [-0.25, -0.2) is 9.97 Å². The fraction of sp³-hybridized carbons (Fsp3) is 0.150. The summed E-state index contributed by atoms with van der Waals surface area (Å²) in [5, 5.41) is 0.944. The second-order valence-corrected chi connectivity index (χ2v) is 7.59. The standard InChI is InChI=1S/C20H16N4OS/c1-23(2)15-8-9-21-19-16(15)17-18(26-19)20(25)24(11-22-17)14-7-6-12-4-3-5-13(12)10-14/h3-4,6-11H,5H2,1-2H3. The van der Waals surface area contributed by atoms with Crippen LogP contribution in [0.2, 0.25) is 0 Å². The number of allylic oxidation sites excluding steroid dienone is 1. The van der Waals surface area contributed by atoms with Crippen molar-refractivity contribution in [3.8, 4) is 5.69 Å². The maximum atomic E-state index is 13.2. The van der Waals surface area contributed by atoms with Gasteiger partial charge >= 0.3 is 0 Å². The molecule has 0 atom stereocenters. The molecule has 0 amide bonds. The second-order valence-electron chi connectivity index (χ2n) is 6.59. The number of rotatable bonds is 2. The summed E-state index contributed by atoms with van der Waals surface area (Å²) in [6.07, 6.45) is 8.57. The molecular weight excluding hydrogens is 344 g/mol. The largest absolute Gasteiger partial charge is 0.377 e. The van der Waals surface area contributed by atoms with Crippen molar-refractivity contribution in [2.24, 2.45) is 0 Å². The van der Waals surface area contributed by atoms with Crippen molar-refractivity contribution in [1.82, 2.24) is 14.5 Å². The van der Waals surface area contributed by atoms with Crippen LogP contribution in [0, 0.1) is 0 Å². The van der Waals surface area contributed by atoms with E-state index in [1.807, 2.05) is 31.1 Å². The van der Waals surface area contributed by atoms with Gasteiger partial charge in [0, 0.05) is 20.3 Å². The lowest BCUT2D eigenvalue weighted by atomic mass is 10.1. The zero-order valence-corrected chi connectivity index (χ0v) is 15.2. The van der Waals surface area contributed by atoms with E-state index in [-0.39, 0.29) is 5.56 Å². The molecule has 6 heteroatoms. The van der Waals surface area contributed by atoms with Gasteiger partial charge in [-0.2, -0.15) is 0 Å². The van der Waals surface area contributed by atoms with Gasteiger partial charge in [0.25, 0.3) is 5.56 Å². The lowest BCUT2D eigenvalue weighted by Crippen LogP contribution is -2.18. The molecule has 1 aliphatic rings. The molecule has 0 saturated heterocycles. The number of benzene rings is 1. The minimum absolute atomic E-state index is 0.0476. The number of fused-ring (bicyclic) bond motifs is 4. The fourth-order valence-electron chi connectivity index (χ4n) is 3.49. The monoisotopic (exact) mass is 360 g/mol. The zero-order chi connectivity index (χ0) is 17.8. The van der Waals surface area contributed by atoms with E-state index in [0.717, 1.165) is 33.5 Å². The highest BCUT2D eigenvalue weighted by Gasteiger charge is 2.17. The van der Waals surface area contributed by atoms with Gasteiger partial charge in [-0.3, -0.25) is 9.36 Å². The molecule has 0 aliphatic heterocycles. The van der Waals surface area contributed by atoms with Crippen LogP contribution in [0.5, 0.6) is 0 Å². The molecular formula is C20H16N4OS. The topological polar surface area (TPSA) is 51.0 Å². The SMILES string of the molecule is CN(C)c1ccnc2sc3c(=O)n(-c4ccc5c(c4)CC=C5)cnc3c12. The first kappa shape index (κ1) is 15.3. The summed E-state index contributed by atoms with van der Waals surface area (Å²) in [6.45, 7) is 0. The van der Waals surface area contributed by atoms with Crippen LogP contribution >= 0.6 is 11.3 Å². The quantitative estimate of drug-likeness (QED) is 0.548. The molecule has 26 heavy (non-hydrogen) atoms. The van der Waals surface area contributed by atoms with Crippen LogP contribution in [0.1, 0.15) is 11.1 Å². The molecule has 1 aliphatic carbocycles. The maximum absolute atomic E-state index is 13.2. The summed E-state index contributed by atoms with van der Waals surface area (Å²) in [5.41, 5.74) is 5.01. The van der Waals surface area contributed by atoms with Gasteiger partial charge in [0.1, 0.15) is 15.9 Å². The Kier molecular flexibility index (Phi) is 3.24. The van der Waals surface area contributed by atoms with Gasteiger partial charge in [-0.05, 0) is 35.7 Å². The average molecular weight is 360 g/mol. The molecule has 0 N–H and O–H groups in total. The van der Waals surface area contributed by atoms with Crippen molar-refractivity contribution in [1.29, 1.82) is 0 Å². The van der Waals surface area contributed by atoms with E-state index < -0.39 is 0 Å². The van der Waals surface area contributed by atoms with Gasteiger partial charge in [0.2, 0.25) is 0 Å². The molecule has 0 bridgehead atoms. The van der Waals surface area contributed by atoms with Crippen molar-refractivity contribution >= 4 is 43.5 Å². The Hall–Kier alpha value is -2.99. The molecule has 0 fully saturated rings. The number of thiophene rings is 1. The van der Waals surface area contributed by atoms with Crippen molar-refractivity contribution in [3.63, 3.8) is 0 Å². The number of aromatic nitrogens is 3. The van der Waals surface area contributed by atoms with Crippen molar-refractivity contribution in [2.75, 3.05) is 19.0 Å². The Morgan fingerprint density at radius 1 is 1.19 bits per heavy atom. The molecule has 4 aromatic rings. The van der Waals surface area contributed by atoms with E-state index in [1.54, 1.807) is 17.1 Å². The van der Waals surface area contributed by atoms with E-state index in [2.05, 4.69) is 34.3 Å². The second kappa shape index (κ2) is 5.51. The first-order chi connectivity index (χ1) is 12.6. The number of nitrogens with zero attached hydrogens (tertiary/aromatic N) is 4. The minimum atomic E-state index is -0.0476. The molecule has 0 radical (unpaired) electrons. The Balaban J connectivity index is 1.77. The first-order valence-electron chi connectivity index (χ1n) is 8.39. The third-order valence-electron chi connectivity index (χ3n) is 4.78. The van der Waals surface area contributed by atoms with Gasteiger partial charge in [-0.15, -0.1) is 11.3 Å². The highest BCUT2D eigenvalue weighted by atomic mass is 32.1. The van der Waals surface area contributed by atoms with Crippen molar-refractivity contribution in [2.45, 2.75) is 6.42 Å². The Labute approximate surface area is 153 Å². The smallest absolute Gasteiger partial charge is 0.275 e. The lowest BCUT2D eigenvalue weighted by Gasteiger charge is -2.13. The van der Waals surface area contributed by atoms with E-state index in [0.29, 0.717) is 4.70 Å². The van der Waals surface area contributed by atoms with Gasteiger partial charge in [-0.1, -0.05) is 18.2 Å². The minimum Gasteiger partial charge on any atom is -0.377 e. The molecule has 0 spiro atoms. The summed E-state index contributed by atoms with van der Waals surface area (Å²) < 4.78 is 2.27. The Morgan fingerprint density at radius 2 is 2.08 bits per heavy atom. The highest BCUT2D eigenvalue weighted by molar-refractivity contribution is 7.25. The summed E-state index contributed by atoms with van der Waals surface area (Å²) >= 11 is 1.41. The predicted molar refractivity (Wildman–Crippen MR) is 108 cm³/mol. The molecule has 1 aromatic carbocycles. The van der Waals surface area contributed by atoms with E-state index in [4.69, 9.17) is 0 Å². The molecule has 128 valence electrons. The number of pyridine rings is 1. The van der Waals surface area contributed by atoms with Crippen LogP contribution in [-0.4, -0.2) is 28.6 Å². The molecule has 0 saturated carbocycles. The number of anilines is 1. The molecule has 3 heterocycles. The third kappa shape index (κ3) is 2.12. The van der Waals surface area contributed by atoms with Gasteiger partial charge in [0.15, 0.2) is 0 Å². The van der Waals surface area contributed by atoms with Crippen LogP contribution in [-0.2, 0) is 6.42 Å². The van der Waals surface area contributed by atoms with Crippen LogP contribution < -0.4 is 10.5 Å². The van der Waals surface area contributed by atoms with E-state index in [9.17, 15) is 4.79 Å². The van der Waals surface area contributed by atoms with Crippen molar-refractivity contribution in [3.05, 3.63) is 64.3 Å². The summed E-state index contributed by atoms with van der Waals surface area (Å²) in [7, 11) is 3.97. The number of hydrogen-bond donors (Lipinski definition) is 0. The first-order valence-corrected chi connectivity index (χ1v) is 9.21. The van der Waals surface area contributed by atoms with Gasteiger partial charge in [0.05, 0.1) is 22.3 Å². The van der Waals surface area contributed by atoms with E-state index in [1.165, 1.54) is 22.5 Å². The third-order valence-corrected chi connectivity index (χ3v) is 5.86.